The molecule has 20 heavy (non-hydrogen) atoms. The summed E-state index contributed by atoms with van der Waals surface area (Å²) in [4.78, 5) is 13.3. The van der Waals surface area contributed by atoms with Crippen LogP contribution < -0.4 is 15.5 Å². The van der Waals surface area contributed by atoms with Crippen molar-refractivity contribution in [2.75, 3.05) is 25.5 Å². The highest BCUT2D eigenvalue weighted by Gasteiger charge is 2.12. The van der Waals surface area contributed by atoms with Crippen molar-refractivity contribution < 1.29 is 4.79 Å². The fourth-order valence-corrected chi connectivity index (χ4v) is 2.45. The molecule has 1 amide bonds. The van der Waals surface area contributed by atoms with Gasteiger partial charge in [0, 0.05) is 30.7 Å². The van der Waals surface area contributed by atoms with Crippen molar-refractivity contribution >= 4 is 27.5 Å². The molecule has 1 aromatic carbocycles. The maximum atomic E-state index is 11.4. The second-order valence-electron chi connectivity index (χ2n) is 5.92. The van der Waals surface area contributed by atoms with Crippen molar-refractivity contribution in [1.29, 1.82) is 0 Å². The number of likely N-dealkylation sites (N-methyl/N-ethyl adjacent to an activating group) is 2. The predicted molar refractivity (Wildman–Crippen MR) is 88.1 cm³/mol. The van der Waals surface area contributed by atoms with E-state index in [1.807, 2.05) is 18.0 Å². The van der Waals surface area contributed by atoms with Crippen LogP contribution in [0.3, 0.4) is 0 Å². The summed E-state index contributed by atoms with van der Waals surface area (Å²) in [6.07, 6.45) is 0. The van der Waals surface area contributed by atoms with E-state index < -0.39 is 0 Å². The van der Waals surface area contributed by atoms with E-state index in [-0.39, 0.29) is 11.4 Å². The van der Waals surface area contributed by atoms with Crippen molar-refractivity contribution in [2.24, 2.45) is 0 Å². The van der Waals surface area contributed by atoms with E-state index in [0.29, 0.717) is 6.54 Å². The summed E-state index contributed by atoms with van der Waals surface area (Å²) in [5.41, 5.74) is 2.32. The molecule has 0 fully saturated rings. The molecule has 4 nitrogen and oxygen atoms in total. The molecule has 0 radical (unpaired) electrons. The van der Waals surface area contributed by atoms with E-state index in [1.165, 1.54) is 5.56 Å². The molecular weight excluding hydrogens is 318 g/mol. The first-order valence-electron chi connectivity index (χ1n) is 6.68. The van der Waals surface area contributed by atoms with E-state index in [0.717, 1.165) is 16.7 Å². The number of halogens is 1. The number of benzene rings is 1. The van der Waals surface area contributed by atoms with Crippen LogP contribution in [0.2, 0.25) is 0 Å². The predicted octanol–water partition coefficient (Wildman–Crippen LogP) is 2.52. The highest BCUT2D eigenvalue weighted by molar-refractivity contribution is 9.10. The third kappa shape index (κ3) is 5.51. The molecule has 5 heteroatoms. The average Bonchev–Trinajstić information content (AvgIpc) is 2.35. The highest BCUT2D eigenvalue weighted by atomic mass is 79.9. The van der Waals surface area contributed by atoms with Crippen LogP contribution in [0, 0.1) is 0 Å². The Balaban J connectivity index is 2.75. The molecule has 0 atom stereocenters. The normalized spacial score (nSPS) is 11.3. The van der Waals surface area contributed by atoms with Gasteiger partial charge in [-0.2, -0.15) is 0 Å². The Morgan fingerprint density at radius 1 is 1.35 bits per heavy atom. The van der Waals surface area contributed by atoms with Gasteiger partial charge in [-0.05, 0) is 54.4 Å². The fourth-order valence-electron chi connectivity index (χ4n) is 1.72. The van der Waals surface area contributed by atoms with Crippen LogP contribution in [0.1, 0.15) is 26.3 Å². The van der Waals surface area contributed by atoms with Gasteiger partial charge in [0.2, 0.25) is 5.91 Å². The number of rotatable bonds is 5. The van der Waals surface area contributed by atoms with Gasteiger partial charge in [-0.25, -0.2) is 0 Å². The first-order valence-corrected chi connectivity index (χ1v) is 7.47. The molecule has 1 rings (SSSR count). The molecular formula is C15H24BrN3O. The summed E-state index contributed by atoms with van der Waals surface area (Å²) >= 11 is 3.58. The Labute approximate surface area is 130 Å². The minimum Gasteiger partial charge on any atom is -0.364 e. The fraction of sp³-hybridized carbons (Fsp3) is 0.533. The minimum absolute atomic E-state index is 0.00197. The lowest BCUT2D eigenvalue weighted by Crippen LogP contribution is -2.35. The van der Waals surface area contributed by atoms with Gasteiger partial charge in [-0.3, -0.25) is 4.79 Å². The van der Waals surface area contributed by atoms with Gasteiger partial charge in [-0.1, -0.05) is 6.07 Å². The minimum atomic E-state index is -0.00197. The number of carbonyl (C=O) groups is 1. The maximum Gasteiger partial charge on any atom is 0.239 e. The number of anilines is 1. The first-order chi connectivity index (χ1) is 9.23. The van der Waals surface area contributed by atoms with Crippen LogP contribution in [0.25, 0.3) is 0 Å². The van der Waals surface area contributed by atoms with E-state index in [9.17, 15) is 4.79 Å². The van der Waals surface area contributed by atoms with E-state index >= 15 is 0 Å². The monoisotopic (exact) mass is 341 g/mol. The van der Waals surface area contributed by atoms with E-state index in [4.69, 9.17) is 0 Å². The van der Waals surface area contributed by atoms with Gasteiger partial charge in [0.05, 0.1) is 12.2 Å². The molecule has 1 aromatic rings. The summed E-state index contributed by atoms with van der Waals surface area (Å²) in [6.45, 7) is 7.60. The molecule has 2 N–H and O–H groups in total. The number of carbonyl (C=O) groups excluding carboxylic acids is 1. The molecule has 0 bridgehead atoms. The van der Waals surface area contributed by atoms with Crippen LogP contribution in [0.4, 0.5) is 5.69 Å². The molecule has 0 aliphatic carbocycles. The third-order valence-corrected chi connectivity index (χ3v) is 3.54. The molecule has 0 saturated carbocycles. The van der Waals surface area contributed by atoms with Crippen molar-refractivity contribution in [3.63, 3.8) is 0 Å². The van der Waals surface area contributed by atoms with Gasteiger partial charge in [-0.15, -0.1) is 0 Å². The van der Waals surface area contributed by atoms with Crippen LogP contribution in [0.15, 0.2) is 22.7 Å². The average molecular weight is 342 g/mol. The van der Waals surface area contributed by atoms with Crippen molar-refractivity contribution in [3.05, 3.63) is 28.2 Å². The maximum absolute atomic E-state index is 11.4. The van der Waals surface area contributed by atoms with Crippen molar-refractivity contribution in [2.45, 2.75) is 32.9 Å². The highest BCUT2D eigenvalue weighted by Crippen LogP contribution is 2.26. The van der Waals surface area contributed by atoms with Gasteiger partial charge in [0.1, 0.15) is 0 Å². The summed E-state index contributed by atoms with van der Waals surface area (Å²) in [5.74, 6) is -0.00197. The van der Waals surface area contributed by atoms with Crippen LogP contribution >= 0.6 is 15.9 Å². The molecule has 0 aliphatic rings. The Morgan fingerprint density at radius 2 is 2.00 bits per heavy atom. The molecule has 0 spiro atoms. The number of amides is 1. The summed E-state index contributed by atoms with van der Waals surface area (Å²) in [5, 5.41) is 6.08. The number of nitrogens with one attached hydrogen (secondary N) is 2. The molecule has 0 aromatic heterocycles. The van der Waals surface area contributed by atoms with E-state index in [1.54, 1.807) is 7.05 Å². The Hall–Kier alpha value is -1.07. The quantitative estimate of drug-likeness (QED) is 0.864. The zero-order chi connectivity index (χ0) is 15.3. The smallest absolute Gasteiger partial charge is 0.239 e. The Kier molecular flexibility index (Phi) is 6.02. The SMILES string of the molecule is CNC(=O)CN(C)c1ccc(CNC(C)(C)C)cc1Br. The second-order valence-corrected chi connectivity index (χ2v) is 6.77. The summed E-state index contributed by atoms with van der Waals surface area (Å²) < 4.78 is 0.997. The van der Waals surface area contributed by atoms with Crippen molar-refractivity contribution in [3.8, 4) is 0 Å². The lowest BCUT2D eigenvalue weighted by Gasteiger charge is -2.22. The topological polar surface area (TPSA) is 44.4 Å². The molecule has 0 aliphatic heterocycles. The first kappa shape index (κ1) is 17.0. The number of hydrogen-bond acceptors (Lipinski definition) is 3. The zero-order valence-electron chi connectivity index (χ0n) is 12.9. The van der Waals surface area contributed by atoms with Crippen LogP contribution in [0.5, 0.6) is 0 Å². The van der Waals surface area contributed by atoms with Gasteiger partial charge in [0.15, 0.2) is 0 Å². The summed E-state index contributed by atoms with van der Waals surface area (Å²) in [7, 11) is 3.55. The molecule has 0 saturated heterocycles. The second kappa shape index (κ2) is 7.09. The van der Waals surface area contributed by atoms with Crippen LogP contribution in [-0.2, 0) is 11.3 Å². The Bertz CT molecular complexity index is 469. The summed E-state index contributed by atoms with van der Waals surface area (Å²) in [6, 6.07) is 6.21. The van der Waals surface area contributed by atoms with Crippen LogP contribution in [-0.4, -0.2) is 32.1 Å². The lowest BCUT2D eigenvalue weighted by molar-refractivity contribution is -0.119. The lowest BCUT2D eigenvalue weighted by atomic mass is 10.1. The van der Waals surface area contributed by atoms with Gasteiger partial charge >= 0.3 is 0 Å². The third-order valence-electron chi connectivity index (χ3n) is 2.91. The van der Waals surface area contributed by atoms with Gasteiger partial charge in [0.25, 0.3) is 0 Å². The zero-order valence-corrected chi connectivity index (χ0v) is 14.5. The molecule has 0 heterocycles. The largest absolute Gasteiger partial charge is 0.364 e. The van der Waals surface area contributed by atoms with Crippen molar-refractivity contribution in [1.82, 2.24) is 10.6 Å². The number of nitrogens with zero attached hydrogens (tertiary/aromatic N) is 1. The Morgan fingerprint density at radius 3 is 2.50 bits per heavy atom. The molecule has 112 valence electrons. The number of hydrogen-bond donors (Lipinski definition) is 2. The molecule has 0 unspecified atom stereocenters. The standard InChI is InChI=1S/C15H24BrN3O/c1-15(2,3)18-9-11-6-7-13(12(16)8-11)19(5)10-14(20)17-4/h6-8,18H,9-10H2,1-5H3,(H,17,20). The van der Waals surface area contributed by atoms with Gasteiger partial charge < -0.3 is 15.5 Å². The van der Waals surface area contributed by atoms with E-state index in [2.05, 4.69) is 59.5 Å².